The summed E-state index contributed by atoms with van der Waals surface area (Å²) in [5.74, 6) is 0.851. The highest BCUT2D eigenvalue weighted by Gasteiger charge is 2.14. The Morgan fingerprint density at radius 1 is 1.17 bits per heavy atom. The minimum Gasteiger partial charge on any atom is -0.383 e. The van der Waals surface area contributed by atoms with Crippen LogP contribution in [0.1, 0.15) is 25.5 Å². The van der Waals surface area contributed by atoms with E-state index in [0.717, 1.165) is 15.7 Å². The molecule has 0 aliphatic carbocycles. The second-order valence-corrected chi connectivity index (χ2v) is 5.09. The van der Waals surface area contributed by atoms with Crippen molar-refractivity contribution < 1.29 is 4.39 Å². The zero-order chi connectivity index (χ0) is 13.3. The Hall–Kier alpha value is -1.49. The van der Waals surface area contributed by atoms with E-state index in [1.807, 2.05) is 13.8 Å². The minimum atomic E-state index is -0.284. The van der Waals surface area contributed by atoms with Gasteiger partial charge in [-0.15, -0.1) is 0 Å². The monoisotopic (exact) mass is 309 g/mol. The van der Waals surface area contributed by atoms with Gasteiger partial charge in [0.2, 0.25) is 0 Å². The average Bonchev–Trinajstić information content (AvgIpc) is 2.33. The summed E-state index contributed by atoms with van der Waals surface area (Å²) in [6.07, 6.45) is 0. The van der Waals surface area contributed by atoms with Gasteiger partial charge in [0.1, 0.15) is 11.6 Å². The molecule has 1 heterocycles. The molecule has 2 aromatic rings. The number of benzene rings is 1. The first-order valence-electron chi connectivity index (χ1n) is 5.58. The van der Waals surface area contributed by atoms with E-state index in [-0.39, 0.29) is 11.7 Å². The van der Waals surface area contributed by atoms with E-state index in [1.165, 1.54) is 12.1 Å². The highest BCUT2D eigenvalue weighted by molar-refractivity contribution is 9.10. The molecule has 0 saturated carbocycles. The third-order valence-electron chi connectivity index (χ3n) is 2.55. The summed E-state index contributed by atoms with van der Waals surface area (Å²) >= 11 is 3.39. The van der Waals surface area contributed by atoms with Crippen LogP contribution in [0.25, 0.3) is 11.4 Å². The van der Waals surface area contributed by atoms with Crippen molar-refractivity contribution in [3.63, 3.8) is 0 Å². The molecule has 0 aliphatic rings. The lowest BCUT2D eigenvalue weighted by Crippen LogP contribution is -2.04. The van der Waals surface area contributed by atoms with Crippen molar-refractivity contribution in [3.8, 4) is 11.4 Å². The molecule has 0 spiro atoms. The molecule has 1 aromatic carbocycles. The van der Waals surface area contributed by atoms with Crippen LogP contribution in [0.3, 0.4) is 0 Å². The van der Waals surface area contributed by atoms with Crippen molar-refractivity contribution >= 4 is 21.7 Å². The third kappa shape index (κ3) is 2.51. The van der Waals surface area contributed by atoms with E-state index in [4.69, 9.17) is 5.73 Å². The van der Waals surface area contributed by atoms with E-state index >= 15 is 0 Å². The molecule has 18 heavy (non-hydrogen) atoms. The Bertz CT molecular complexity index is 567. The second-order valence-electron chi connectivity index (χ2n) is 4.29. The number of nitrogens with two attached hydrogens (primary N) is 1. The van der Waals surface area contributed by atoms with Gasteiger partial charge in [0.05, 0.1) is 10.2 Å². The standard InChI is InChI=1S/C13H13BrFN3/c1-7(2)11-10(14)12(16)18-13(17-11)8-3-5-9(15)6-4-8/h3-7H,1-2H3,(H2,16,17,18). The van der Waals surface area contributed by atoms with Crippen molar-refractivity contribution in [2.45, 2.75) is 19.8 Å². The Labute approximate surface area is 113 Å². The quantitative estimate of drug-likeness (QED) is 0.919. The smallest absolute Gasteiger partial charge is 0.161 e. The van der Waals surface area contributed by atoms with Gasteiger partial charge in [-0.25, -0.2) is 14.4 Å². The number of halogens is 2. The van der Waals surface area contributed by atoms with Crippen LogP contribution in [0.4, 0.5) is 10.2 Å². The van der Waals surface area contributed by atoms with Crippen LogP contribution in [-0.4, -0.2) is 9.97 Å². The normalized spacial score (nSPS) is 10.9. The van der Waals surface area contributed by atoms with E-state index < -0.39 is 0 Å². The predicted molar refractivity (Wildman–Crippen MR) is 73.6 cm³/mol. The Kier molecular flexibility index (Phi) is 3.61. The number of anilines is 1. The Morgan fingerprint density at radius 3 is 2.33 bits per heavy atom. The molecule has 0 bridgehead atoms. The summed E-state index contributed by atoms with van der Waals surface area (Å²) in [6.45, 7) is 4.06. The van der Waals surface area contributed by atoms with Crippen molar-refractivity contribution in [3.05, 3.63) is 40.2 Å². The molecule has 2 rings (SSSR count). The van der Waals surface area contributed by atoms with Crippen molar-refractivity contribution in [1.29, 1.82) is 0 Å². The van der Waals surface area contributed by atoms with Gasteiger partial charge >= 0.3 is 0 Å². The SMILES string of the molecule is CC(C)c1nc(-c2ccc(F)cc2)nc(N)c1Br. The Morgan fingerprint density at radius 2 is 1.78 bits per heavy atom. The topological polar surface area (TPSA) is 51.8 Å². The summed E-state index contributed by atoms with van der Waals surface area (Å²) in [5, 5.41) is 0. The molecule has 0 atom stereocenters. The second kappa shape index (κ2) is 5.02. The van der Waals surface area contributed by atoms with Gasteiger partial charge in [0, 0.05) is 5.56 Å². The van der Waals surface area contributed by atoms with Crippen LogP contribution in [0, 0.1) is 5.82 Å². The number of hydrogen-bond acceptors (Lipinski definition) is 3. The maximum atomic E-state index is 12.9. The van der Waals surface area contributed by atoms with E-state index in [0.29, 0.717) is 11.6 Å². The lowest BCUT2D eigenvalue weighted by Gasteiger charge is -2.11. The van der Waals surface area contributed by atoms with Crippen LogP contribution >= 0.6 is 15.9 Å². The summed E-state index contributed by atoms with van der Waals surface area (Å²) in [5.41, 5.74) is 7.45. The highest BCUT2D eigenvalue weighted by atomic mass is 79.9. The van der Waals surface area contributed by atoms with Crippen LogP contribution in [0.5, 0.6) is 0 Å². The lowest BCUT2D eigenvalue weighted by molar-refractivity contribution is 0.628. The Balaban J connectivity index is 2.55. The van der Waals surface area contributed by atoms with Crippen molar-refractivity contribution in [2.75, 3.05) is 5.73 Å². The lowest BCUT2D eigenvalue weighted by atomic mass is 10.1. The number of aromatic nitrogens is 2. The molecule has 94 valence electrons. The average molecular weight is 310 g/mol. The molecule has 0 radical (unpaired) electrons. The number of rotatable bonds is 2. The van der Waals surface area contributed by atoms with Crippen molar-refractivity contribution in [1.82, 2.24) is 9.97 Å². The predicted octanol–water partition coefficient (Wildman–Crippen LogP) is 3.75. The van der Waals surface area contributed by atoms with Gasteiger partial charge in [-0.2, -0.15) is 0 Å². The minimum absolute atomic E-state index is 0.226. The third-order valence-corrected chi connectivity index (χ3v) is 3.36. The molecule has 1 aromatic heterocycles. The van der Waals surface area contributed by atoms with Crippen LogP contribution in [0.2, 0.25) is 0 Å². The fourth-order valence-corrected chi connectivity index (χ4v) is 2.23. The van der Waals surface area contributed by atoms with Crippen molar-refractivity contribution in [2.24, 2.45) is 0 Å². The van der Waals surface area contributed by atoms with Gasteiger partial charge in [0.25, 0.3) is 0 Å². The van der Waals surface area contributed by atoms with E-state index in [2.05, 4.69) is 25.9 Å². The summed E-state index contributed by atoms with van der Waals surface area (Å²) in [4.78, 5) is 8.69. The number of hydrogen-bond donors (Lipinski definition) is 1. The van der Waals surface area contributed by atoms with Gasteiger partial charge in [-0.1, -0.05) is 13.8 Å². The maximum absolute atomic E-state index is 12.9. The molecule has 0 fully saturated rings. The number of nitrogens with zero attached hydrogens (tertiary/aromatic N) is 2. The van der Waals surface area contributed by atoms with Gasteiger partial charge in [0.15, 0.2) is 5.82 Å². The van der Waals surface area contributed by atoms with Gasteiger partial charge in [-0.3, -0.25) is 0 Å². The maximum Gasteiger partial charge on any atom is 0.161 e. The first kappa shape index (κ1) is 13.0. The van der Waals surface area contributed by atoms with Crippen LogP contribution in [-0.2, 0) is 0 Å². The molecule has 5 heteroatoms. The molecule has 2 N–H and O–H groups in total. The first-order valence-corrected chi connectivity index (χ1v) is 6.37. The van der Waals surface area contributed by atoms with E-state index in [1.54, 1.807) is 12.1 Å². The van der Waals surface area contributed by atoms with E-state index in [9.17, 15) is 4.39 Å². The largest absolute Gasteiger partial charge is 0.383 e. The molecule has 0 saturated heterocycles. The van der Waals surface area contributed by atoms with Gasteiger partial charge < -0.3 is 5.73 Å². The first-order chi connectivity index (χ1) is 8.49. The summed E-state index contributed by atoms with van der Waals surface area (Å²) in [7, 11) is 0. The summed E-state index contributed by atoms with van der Waals surface area (Å²) in [6, 6.07) is 6.04. The number of nitrogen functional groups attached to an aromatic ring is 1. The summed E-state index contributed by atoms with van der Waals surface area (Å²) < 4.78 is 13.6. The highest BCUT2D eigenvalue weighted by Crippen LogP contribution is 2.29. The fraction of sp³-hybridized carbons (Fsp3) is 0.231. The molecule has 3 nitrogen and oxygen atoms in total. The van der Waals surface area contributed by atoms with Crippen LogP contribution in [0.15, 0.2) is 28.7 Å². The molecule has 0 unspecified atom stereocenters. The van der Waals surface area contributed by atoms with Crippen LogP contribution < -0.4 is 5.73 Å². The molecular formula is C13H13BrFN3. The zero-order valence-corrected chi connectivity index (χ0v) is 11.7. The molecule has 0 amide bonds. The molecule has 0 aliphatic heterocycles. The fourth-order valence-electron chi connectivity index (χ4n) is 1.59. The van der Waals surface area contributed by atoms with Gasteiger partial charge in [-0.05, 0) is 46.1 Å². The zero-order valence-electron chi connectivity index (χ0n) is 10.1. The molecular weight excluding hydrogens is 297 g/mol.